The van der Waals surface area contributed by atoms with Gasteiger partial charge in [0.15, 0.2) is 0 Å². The van der Waals surface area contributed by atoms with Crippen molar-refractivity contribution in [3.8, 4) is 0 Å². The lowest BCUT2D eigenvalue weighted by atomic mass is 9.54. The van der Waals surface area contributed by atoms with Crippen LogP contribution in [0.3, 0.4) is 0 Å². The van der Waals surface area contributed by atoms with E-state index < -0.39 is 16.9 Å². The first-order valence-corrected chi connectivity index (χ1v) is 8.65. The van der Waals surface area contributed by atoms with Crippen molar-refractivity contribution in [3.63, 3.8) is 0 Å². The first kappa shape index (κ1) is 17.9. The van der Waals surface area contributed by atoms with Gasteiger partial charge in [0.05, 0.1) is 16.8 Å². The summed E-state index contributed by atoms with van der Waals surface area (Å²) in [5, 5.41) is 13.4. The van der Waals surface area contributed by atoms with Crippen molar-refractivity contribution >= 4 is 23.2 Å². The van der Waals surface area contributed by atoms with Gasteiger partial charge in [-0.2, -0.15) is 0 Å². The molecule has 1 fully saturated rings. The molecule has 1 aromatic heterocycles. The summed E-state index contributed by atoms with van der Waals surface area (Å²) in [5.74, 6) is -1.39. The number of hydrogen-bond donors (Lipinski definition) is 2. The Labute approximate surface area is 140 Å². The van der Waals surface area contributed by atoms with Crippen molar-refractivity contribution in [2.45, 2.75) is 59.1 Å². The average Bonchev–Trinajstić information content (AvgIpc) is 2.86. The molecule has 0 aliphatic heterocycles. The molecule has 0 spiro atoms. The van der Waals surface area contributed by atoms with E-state index >= 15 is 0 Å². The minimum atomic E-state index is -1.31. The number of rotatable bonds is 6. The van der Waals surface area contributed by atoms with Gasteiger partial charge in [0.1, 0.15) is 10.4 Å². The number of carboxylic acids is 1. The molecule has 7 heteroatoms. The minimum absolute atomic E-state index is 0.183. The molecule has 2 rings (SSSR count). The fourth-order valence-electron chi connectivity index (χ4n) is 3.10. The molecular weight excluding hydrogens is 316 g/mol. The highest BCUT2D eigenvalue weighted by Crippen LogP contribution is 2.51. The molecule has 6 nitrogen and oxygen atoms in total. The molecule has 0 saturated heterocycles. The molecule has 2 unspecified atom stereocenters. The number of aryl methyl sites for hydroxylation is 2. The maximum atomic E-state index is 12.6. The van der Waals surface area contributed by atoms with Crippen molar-refractivity contribution in [2.75, 3.05) is 6.61 Å². The van der Waals surface area contributed by atoms with Crippen LogP contribution in [0.1, 0.15) is 54.5 Å². The van der Waals surface area contributed by atoms with E-state index in [2.05, 4.69) is 10.3 Å². The maximum absolute atomic E-state index is 12.6. The number of amides is 1. The molecular formula is C16H24N2O4S. The van der Waals surface area contributed by atoms with Gasteiger partial charge in [-0.05, 0) is 20.3 Å². The van der Waals surface area contributed by atoms with Crippen LogP contribution in [0.5, 0.6) is 0 Å². The van der Waals surface area contributed by atoms with Gasteiger partial charge >= 0.3 is 5.97 Å². The summed E-state index contributed by atoms with van der Waals surface area (Å²) in [6.07, 6.45) is 0.839. The van der Waals surface area contributed by atoms with E-state index in [0.717, 1.165) is 11.4 Å². The summed E-state index contributed by atoms with van der Waals surface area (Å²) < 4.78 is 5.61. The van der Waals surface area contributed by atoms with Gasteiger partial charge < -0.3 is 15.2 Å². The number of hydrogen-bond acceptors (Lipinski definition) is 5. The topological polar surface area (TPSA) is 88.5 Å². The Morgan fingerprint density at radius 3 is 2.52 bits per heavy atom. The van der Waals surface area contributed by atoms with Gasteiger partial charge in [-0.1, -0.05) is 20.8 Å². The second kappa shape index (κ2) is 6.20. The lowest BCUT2D eigenvalue weighted by Gasteiger charge is -2.58. The number of carbonyl (C=O) groups is 2. The fourth-order valence-corrected chi connectivity index (χ4v) is 4.00. The smallest absolute Gasteiger partial charge is 0.330 e. The van der Waals surface area contributed by atoms with Crippen LogP contribution >= 0.6 is 11.3 Å². The Hall–Kier alpha value is -1.47. The summed E-state index contributed by atoms with van der Waals surface area (Å²) in [6, 6.07) is 0. The molecule has 2 N–H and O–H groups in total. The first-order valence-electron chi connectivity index (χ1n) is 7.83. The van der Waals surface area contributed by atoms with Crippen molar-refractivity contribution in [1.82, 2.24) is 10.3 Å². The number of ether oxygens (including phenoxy) is 1. The highest BCUT2D eigenvalue weighted by molar-refractivity contribution is 7.13. The van der Waals surface area contributed by atoms with Gasteiger partial charge in [-0.15, -0.1) is 11.3 Å². The van der Waals surface area contributed by atoms with E-state index in [4.69, 9.17) is 4.74 Å². The van der Waals surface area contributed by atoms with Crippen LogP contribution in [0.2, 0.25) is 0 Å². The third-order valence-corrected chi connectivity index (χ3v) is 6.11. The lowest BCUT2D eigenvalue weighted by molar-refractivity contribution is -0.190. The van der Waals surface area contributed by atoms with E-state index in [1.54, 1.807) is 6.92 Å². The second-order valence-electron chi connectivity index (χ2n) is 6.41. The van der Waals surface area contributed by atoms with Crippen LogP contribution in [-0.2, 0) is 16.0 Å². The number of carbonyl (C=O) groups excluding carboxylic acids is 1. The molecule has 1 aliphatic rings. The molecule has 0 bridgehead atoms. The fraction of sp³-hybridized carbons (Fsp3) is 0.688. The number of aromatic nitrogens is 1. The molecule has 128 valence electrons. The summed E-state index contributed by atoms with van der Waals surface area (Å²) in [6.45, 7) is 9.78. The minimum Gasteiger partial charge on any atom is -0.479 e. The Morgan fingerprint density at radius 2 is 2.09 bits per heavy atom. The zero-order chi connectivity index (χ0) is 17.4. The highest BCUT2D eigenvalue weighted by Gasteiger charge is 2.66. The van der Waals surface area contributed by atoms with Gasteiger partial charge in [-0.25, -0.2) is 9.78 Å². The highest BCUT2D eigenvalue weighted by atomic mass is 32.1. The molecule has 2 atom stereocenters. The maximum Gasteiger partial charge on any atom is 0.330 e. The quantitative estimate of drug-likeness (QED) is 0.830. The Kier molecular flexibility index (Phi) is 4.82. The van der Waals surface area contributed by atoms with Crippen molar-refractivity contribution in [1.29, 1.82) is 0 Å². The van der Waals surface area contributed by atoms with Gasteiger partial charge in [-0.3, -0.25) is 4.79 Å². The third-order valence-electron chi connectivity index (χ3n) is 4.81. The van der Waals surface area contributed by atoms with E-state index in [1.807, 2.05) is 27.7 Å². The molecule has 0 aromatic carbocycles. The van der Waals surface area contributed by atoms with Crippen LogP contribution in [-0.4, -0.2) is 40.2 Å². The average molecular weight is 340 g/mol. The molecule has 1 saturated carbocycles. The van der Waals surface area contributed by atoms with Gasteiger partial charge in [0.2, 0.25) is 0 Å². The molecule has 23 heavy (non-hydrogen) atoms. The van der Waals surface area contributed by atoms with Crippen LogP contribution in [0, 0.1) is 12.3 Å². The lowest BCUT2D eigenvalue weighted by Crippen LogP contribution is -2.76. The number of nitrogens with zero attached hydrogens (tertiary/aromatic N) is 1. The predicted molar refractivity (Wildman–Crippen MR) is 87.9 cm³/mol. The van der Waals surface area contributed by atoms with Crippen LogP contribution in [0.25, 0.3) is 0 Å². The van der Waals surface area contributed by atoms with Crippen LogP contribution < -0.4 is 5.32 Å². The zero-order valence-electron chi connectivity index (χ0n) is 14.2. The second-order valence-corrected chi connectivity index (χ2v) is 7.49. The Balaban J connectivity index is 2.26. The number of aliphatic carboxylic acids is 1. The van der Waals surface area contributed by atoms with Crippen molar-refractivity contribution in [2.24, 2.45) is 5.41 Å². The number of carboxylic acid groups (broad SMARTS) is 1. The number of nitrogens with one attached hydrogen (secondary N) is 1. The summed E-state index contributed by atoms with van der Waals surface area (Å²) in [7, 11) is 0. The summed E-state index contributed by atoms with van der Waals surface area (Å²) >= 11 is 1.32. The molecule has 0 radical (unpaired) electrons. The first-order chi connectivity index (χ1) is 10.7. The van der Waals surface area contributed by atoms with Crippen LogP contribution in [0.4, 0.5) is 0 Å². The van der Waals surface area contributed by atoms with Crippen LogP contribution in [0.15, 0.2) is 0 Å². The zero-order valence-corrected chi connectivity index (χ0v) is 15.0. The largest absolute Gasteiger partial charge is 0.479 e. The Bertz CT molecular complexity index is 626. The van der Waals surface area contributed by atoms with Gasteiger partial charge in [0, 0.05) is 18.4 Å². The van der Waals surface area contributed by atoms with Crippen molar-refractivity contribution < 1.29 is 19.4 Å². The van der Waals surface area contributed by atoms with E-state index in [9.17, 15) is 14.7 Å². The summed E-state index contributed by atoms with van der Waals surface area (Å²) in [5.41, 5.74) is -1.35. The SMILES string of the molecule is CCOC1CC(NC(=O)c2sc(CC)nc2C)(C(=O)O)C1(C)C. The number of thiazole rings is 1. The third kappa shape index (κ3) is 2.76. The molecule has 1 aliphatic carbocycles. The molecule has 1 heterocycles. The van der Waals surface area contributed by atoms with Gasteiger partial charge in [0.25, 0.3) is 5.91 Å². The molecule has 1 aromatic rings. The van der Waals surface area contributed by atoms with E-state index in [1.165, 1.54) is 11.3 Å². The normalized spacial score (nSPS) is 25.7. The predicted octanol–water partition coefficient (Wildman–Crippen LogP) is 2.40. The monoisotopic (exact) mass is 340 g/mol. The molecule has 1 amide bonds. The standard InChI is InChI=1S/C16H24N2O4S/c1-6-11-17-9(3)12(23-11)13(19)18-16(14(20)21)8-10(22-7-2)15(16,4)5/h10H,6-8H2,1-5H3,(H,18,19)(H,20,21). The van der Waals surface area contributed by atoms with E-state index in [0.29, 0.717) is 17.2 Å². The van der Waals surface area contributed by atoms with Crippen molar-refractivity contribution in [3.05, 3.63) is 15.6 Å². The Morgan fingerprint density at radius 1 is 1.43 bits per heavy atom. The van der Waals surface area contributed by atoms with E-state index in [-0.39, 0.29) is 18.4 Å². The summed E-state index contributed by atoms with van der Waals surface area (Å²) in [4.78, 5) is 29.3.